The fourth-order valence-corrected chi connectivity index (χ4v) is 2.52. The zero-order valence-corrected chi connectivity index (χ0v) is 14.9. The van der Waals surface area contributed by atoms with Crippen LogP contribution in [-0.4, -0.2) is 15.9 Å². The minimum absolute atomic E-state index is 0.181. The molecule has 5 heteroatoms. The molecule has 0 saturated carbocycles. The predicted octanol–water partition coefficient (Wildman–Crippen LogP) is 4.46. The van der Waals surface area contributed by atoms with Crippen molar-refractivity contribution in [1.29, 1.82) is 0 Å². The summed E-state index contributed by atoms with van der Waals surface area (Å²) in [4.78, 5) is 20.7. The van der Waals surface area contributed by atoms with E-state index in [-0.39, 0.29) is 5.91 Å². The van der Waals surface area contributed by atoms with Gasteiger partial charge in [-0.3, -0.25) is 14.8 Å². The van der Waals surface area contributed by atoms with Crippen LogP contribution < -0.4 is 10.6 Å². The fourth-order valence-electron chi connectivity index (χ4n) is 2.52. The monoisotopic (exact) mass is 346 g/mol. The van der Waals surface area contributed by atoms with Crippen molar-refractivity contribution >= 4 is 17.3 Å². The van der Waals surface area contributed by atoms with Gasteiger partial charge < -0.3 is 10.6 Å². The number of rotatable bonds is 6. The second kappa shape index (κ2) is 8.25. The van der Waals surface area contributed by atoms with Crippen molar-refractivity contribution in [3.8, 4) is 0 Å². The van der Waals surface area contributed by atoms with E-state index in [1.165, 1.54) is 5.56 Å². The third-order valence-corrected chi connectivity index (χ3v) is 4.06. The molecule has 0 radical (unpaired) electrons. The molecular formula is C21H22N4O. The van der Waals surface area contributed by atoms with Gasteiger partial charge >= 0.3 is 0 Å². The van der Waals surface area contributed by atoms with Crippen molar-refractivity contribution in [2.45, 2.75) is 26.3 Å². The third kappa shape index (κ3) is 4.66. The molecule has 0 bridgehead atoms. The van der Waals surface area contributed by atoms with Crippen molar-refractivity contribution in [1.82, 2.24) is 9.97 Å². The van der Waals surface area contributed by atoms with Gasteiger partial charge in [0.15, 0.2) is 0 Å². The molecule has 0 aliphatic carbocycles. The highest BCUT2D eigenvalue weighted by Gasteiger charge is 2.08. The maximum absolute atomic E-state index is 12.5. The maximum Gasteiger partial charge on any atom is 0.257 e. The number of nitrogens with zero attached hydrogens (tertiary/aromatic N) is 2. The molecule has 3 rings (SSSR count). The Morgan fingerprint density at radius 3 is 2.50 bits per heavy atom. The number of aromatic nitrogens is 2. The number of hydrogen-bond acceptors (Lipinski definition) is 4. The van der Waals surface area contributed by atoms with E-state index in [1.54, 1.807) is 30.9 Å². The van der Waals surface area contributed by atoms with Gasteiger partial charge in [-0.2, -0.15) is 0 Å². The van der Waals surface area contributed by atoms with E-state index < -0.39 is 0 Å². The number of amides is 1. The molecule has 1 aromatic carbocycles. The first-order valence-electron chi connectivity index (χ1n) is 8.61. The molecule has 5 nitrogen and oxygen atoms in total. The average Bonchev–Trinajstić information content (AvgIpc) is 2.68. The molecule has 3 aromatic rings. The topological polar surface area (TPSA) is 66.9 Å². The molecule has 0 fully saturated rings. The summed E-state index contributed by atoms with van der Waals surface area (Å²) in [6, 6.07) is 13.6. The Labute approximate surface area is 153 Å². The van der Waals surface area contributed by atoms with Crippen LogP contribution in [0.3, 0.4) is 0 Å². The number of pyridine rings is 2. The second-order valence-corrected chi connectivity index (χ2v) is 6.41. The molecule has 0 aliphatic heterocycles. The van der Waals surface area contributed by atoms with Crippen molar-refractivity contribution in [2.24, 2.45) is 0 Å². The number of carbonyl (C=O) groups excluding carboxylic acids is 1. The van der Waals surface area contributed by atoms with E-state index in [9.17, 15) is 4.79 Å². The van der Waals surface area contributed by atoms with Gasteiger partial charge in [-0.1, -0.05) is 32.0 Å². The van der Waals surface area contributed by atoms with Crippen LogP contribution in [0.15, 0.2) is 67.3 Å². The van der Waals surface area contributed by atoms with Gasteiger partial charge in [0.05, 0.1) is 11.3 Å². The summed E-state index contributed by atoms with van der Waals surface area (Å²) >= 11 is 0. The lowest BCUT2D eigenvalue weighted by Crippen LogP contribution is -2.13. The summed E-state index contributed by atoms with van der Waals surface area (Å²) in [7, 11) is 0. The Balaban J connectivity index is 1.64. The molecule has 0 aliphatic rings. The van der Waals surface area contributed by atoms with Gasteiger partial charge in [0.1, 0.15) is 0 Å². The summed E-state index contributed by atoms with van der Waals surface area (Å²) < 4.78 is 0. The molecular weight excluding hydrogens is 324 g/mol. The van der Waals surface area contributed by atoms with Gasteiger partial charge in [-0.25, -0.2) is 0 Å². The van der Waals surface area contributed by atoms with Crippen LogP contribution in [0.25, 0.3) is 0 Å². The number of hydrogen-bond donors (Lipinski definition) is 2. The Morgan fingerprint density at radius 1 is 1.00 bits per heavy atom. The van der Waals surface area contributed by atoms with Crippen molar-refractivity contribution < 1.29 is 4.79 Å². The molecule has 2 aromatic heterocycles. The summed E-state index contributed by atoms with van der Waals surface area (Å²) in [5, 5.41) is 6.17. The Kier molecular flexibility index (Phi) is 5.59. The molecule has 2 N–H and O–H groups in total. The number of carbonyl (C=O) groups is 1. The maximum atomic E-state index is 12.5. The molecule has 0 unspecified atom stereocenters. The Bertz CT molecular complexity index is 861. The smallest absolute Gasteiger partial charge is 0.257 e. The lowest BCUT2D eigenvalue weighted by Gasteiger charge is -2.10. The first-order chi connectivity index (χ1) is 12.6. The highest BCUT2D eigenvalue weighted by molar-refractivity contribution is 6.04. The van der Waals surface area contributed by atoms with E-state index in [1.807, 2.05) is 36.4 Å². The largest absolute Gasteiger partial charge is 0.380 e. The predicted molar refractivity (Wildman–Crippen MR) is 104 cm³/mol. The van der Waals surface area contributed by atoms with E-state index in [2.05, 4.69) is 34.4 Å². The van der Waals surface area contributed by atoms with E-state index >= 15 is 0 Å². The highest BCUT2D eigenvalue weighted by Crippen LogP contribution is 2.18. The van der Waals surface area contributed by atoms with Crippen molar-refractivity contribution in [3.05, 3.63) is 83.9 Å². The molecule has 132 valence electrons. The summed E-state index contributed by atoms with van der Waals surface area (Å²) in [5.41, 5.74) is 4.37. The molecule has 0 spiro atoms. The quantitative estimate of drug-likeness (QED) is 0.691. The van der Waals surface area contributed by atoms with Gasteiger partial charge in [-0.15, -0.1) is 0 Å². The van der Waals surface area contributed by atoms with Gasteiger partial charge in [0.2, 0.25) is 0 Å². The lowest BCUT2D eigenvalue weighted by atomic mass is 10.0. The van der Waals surface area contributed by atoms with E-state index in [0.29, 0.717) is 18.0 Å². The van der Waals surface area contributed by atoms with Gasteiger partial charge in [0, 0.05) is 37.0 Å². The number of nitrogens with one attached hydrogen (secondary N) is 2. The zero-order chi connectivity index (χ0) is 18.4. The van der Waals surface area contributed by atoms with Crippen LogP contribution in [0.4, 0.5) is 11.4 Å². The zero-order valence-electron chi connectivity index (χ0n) is 14.9. The fraction of sp³-hybridized carbons (Fsp3) is 0.190. The van der Waals surface area contributed by atoms with Crippen LogP contribution in [0.5, 0.6) is 0 Å². The first kappa shape index (κ1) is 17.6. The van der Waals surface area contributed by atoms with Crippen LogP contribution in [0.1, 0.15) is 41.3 Å². The van der Waals surface area contributed by atoms with Crippen molar-refractivity contribution in [3.63, 3.8) is 0 Å². The van der Waals surface area contributed by atoms with Gasteiger partial charge in [0.25, 0.3) is 5.91 Å². The Hall–Kier alpha value is -3.21. The minimum atomic E-state index is -0.181. The number of benzene rings is 1. The normalized spacial score (nSPS) is 10.6. The SMILES string of the molecule is CC(C)c1ccc(NC(=O)c2cncc(NCc3cccnc3)c2)cc1. The molecule has 26 heavy (non-hydrogen) atoms. The molecule has 2 heterocycles. The van der Waals surface area contributed by atoms with Gasteiger partial charge in [-0.05, 0) is 41.3 Å². The van der Waals surface area contributed by atoms with Crippen LogP contribution in [0.2, 0.25) is 0 Å². The summed E-state index contributed by atoms with van der Waals surface area (Å²) in [6.07, 6.45) is 6.80. The summed E-state index contributed by atoms with van der Waals surface area (Å²) in [5.74, 6) is 0.284. The van der Waals surface area contributed by atoms with Crippen LogP contribution in [0, 0.1) is 0 Å². The third-order valence-electron chi connectivity index (χ3n) is 4.06. The van der Waals surface area contributed by atoms with Crippen LogP contribution >= 0.6 is 0 Å². The molecule has 0 saturated heterocycles. The standard InChI is InChI=1S/C21H22N4O/c1-15(2)17-5-7-19(8-6-17)25-21(26)18-10-20(14-23-13-18)24-12-16-4-3-9-22-11-16/h3-11,13-15,24H,12H2,1-2H3,(H,25,26). The molecule has 1 amide bonds. The lowest BCUT2D eigenvalue weighted by molar-refractivity contribution is 0.102. The second-order valence-electron chi connectivity index (χ2n) is 6.41. The summed E-state index contributed by atoms with van der Waals surface area (Å²) in [6.45, 7) is 4.91. The average molecular weight is 346 g/mol. The first-order valence-corrected chi connectivity index (χ1v) is 8.61. The van der Waals surface area contributed by atoms with E-state index in [4.69, 9.17) is 0 Å². The number of anilines is 2. The van der Waals surface area contributed by atoms with Crippen LogP contribution in [-0.2, 0) is 6.54 Å². The highest BCUT2D eigenvalue weighted by atomic mass is 16.1. The Morgan fingerprint density at radius 2 is 1.81 bits per heavy atom. The minimum Gasteiger partial charge on any atom is -0.380 e. The van der Waals surface area contributed by atoms with Crippen molar-refractivity contribution in [2.75, 3.05) is 10.6 Å². The molecule has 0 atom stereocenters. The van der Waals surface area contributed by atoms with E-state index in [0.717, 1.165) is 16.9 Å².